The van der Waals surface area contributed by atoms with Crippen LogP contribution in [0.15, 0.2) is 0 Å². The van der Waals surface area contributed by atoms with E-state index < -0.39 is 0 Å². The molecule has 0 amide bonds. The highest BCUT2D eigenvalue weighted by Gasteiger charge is 2.37. The van der Waals surface area contributed by atoms with Crippen LogP contribution in [0.5, 0.6) is 0 Å². The number of carbonyl (C=O) groups is 2. The van der Waals surface area contributed by atoms with E-state index >= 15 is 0 Å². The van der Waals surface area contributed by atoms with Gasteiger partial charge in [-0.2, -0.15) is 0 Å². The Balaban J connectivity index is 1.42. The Kier molecular flexibility index (Phi) is 6.92. The summed E-state index contributed by atoms with van der Waals surface area (Å²) in [4.78, 5) is 25.2. The van der Waals surface area contributed by atoms with Gasteiger partial charge in [0.1, 0.15) is 11.6 Å². The molecule has 0 aliphatic heterocycles. The van der Waals surface area contributed by atoms with Crippen LogP contribution in [0.25, 0.3) is 0 Å². The van der Waals surface area contributed by atoms with Gasteiger partial charge in [-0.05, 0) is 43.9 Å². The van der Waals surface area contributed by atoms with E-state index in [1.807, 2.05) is 0 Å². The summed E-state index contributed by atoms with van der Waals surface area (Å²) < 4.78 is 0. The van der Waals surface area contributed by atoms with Crippen molar-refractivity contribution in [3.05, 3.63) is 0 Å². The summed E-state index contributed by atoms with van der Waals surface area (Å²) >= 11 is 0. The fraction of sp³-hybridized carbons (Fsp3) is 0.909. The molecule has 3 aliphatic rings. The van der Waals surface area contributed by atoms with Gasteiger partial charge in [0.15, 0.2) is 0 Å². The Morgan fingerprint density at radius 1 is 0.625 bits per heavy atom. The van der Waals surface area contributed by atoms with Gasteiger partial charge in [0.25, 0.3) is 0 Å². The molecule has 3 unspecified atom stereocenters. The molecule has 2 heteroatoms. The quantitative estimate of drug-likeness (QED) is 0.570. The molecular weight excluding hydrogens is 296 g/mol. The third kappa shape index (κ3) is 4.70. The summed E-state index contributed by atoms with van der Waals surface area (Å²) in [6.07, 6.45) is 18.4. The smallest absolute Gasteiger partial charge is 0.136 e. The molecule has 3 saturated carbocycles. The maximum absolute atomic E-state index is 12.8. The van der Waals surface area contributed by atoms with Crippen LogP contribution < -0.4 is 0 Å². The van der Waals surface area contributed by atoms with Crippen molar-refractivity contribution in [2.75, 3.05) is 0 Å². The summed E-state index contributed by atoms with van der Waals surface area (Å²) in [5.41, 5.74) is 0. The van der Waals surface area contributed by atoms with Crippen molar-refractivity contribution >= 4 is 11.6 Å². The number of Topliss-reactive ketones (excluding diaryl/α,β-unsaturated/α-hetero) is 2. The first-order valence-corrected chi connectivity index (χ1v) is 10.8. The monoisotopic (exact) mass is 332 g/mol. The summed E-state index contributed by atoms with van der Waals surface area (Å²) in [7, 11) is 0. The number of carbonyl (C=O) groups excluding carboxylic acids is 2. The molecule has 0 aromatic carbocycles. The predicted molar refractivity (Wildman–Crippen MR) is 97.8 cm³/mol. The zero-order valence-electron chi connectivity index (χ0n) is 15.4. The van der Waals surface area contributed by atoms with Crippen LogP contribution in [0.1, 0.15) is 103 Å². The molecule has 0 saturated heterocycles. The van der Waals surface area contributed by atoms with E-state index in [0.29, 0.717) is 42.2 Å². The molecule has 3 aliphatic carbocycles. The lowest BCUT2D eigenvalue weighted by Gasteiger charge is -2.40. The Hall–Kier alpha value is -0.660. The third-order valence-corrected chi connectivity index (χ3v) is 7.15. The average molecular weight is 333 g/mol. The second kappa shape index (κ2) is 9.15. The van der Waals surface area contributed by atoms with E-state index in [1.165, 1.54) is 64.2 Å². The lowest BCUT2D eigenvalue weighted by atomic mass is 9.64. The molecule has 0 radical (unpaired) electrons. The predicted octanol–water partition coefficient (Wildman–Crippen LogP) is 5.87. The van der Waals surface area contributed by atoms with E-state index in [1.54, 1.807) is 0 Å². The molecule has 0 N–H and O–H groups in total. The average Bonchev–Trinajstić information content (AvgIpc) is 2.90. The third-order valence-electron chi connectivity index (χ3n) is 7.15. The molecule has 3 atom stereocenters. The van der Waals surface area contributed by atoms with Gasteiger partial charge >= 0.3 is 0 Å². The van der Waals surface area contributed by atoms with E-state index in [4.69, 9.17) is 0 Å². The first kappa shape index (κ1) is 18.1. The molecule has 0 bridgehead atoms. The molecule has 0 aromatic rings. The first-order valence-electron chi connectivity index (χ1n) is 10.8. The minimum atomic E-state index is 0.306. The van der Waals surface area contributed by atoms with E-state index in [0.717, 1.165) is 31.6 Å². The van der Waals surface area contributed by atoms with Crippen molar-refractivity contribution in [3.63, 3.8) is 0 Å². The molecule has 0 aromatic heterocycles. The number of fused-ring (bicyclic) bond motifs is 1. The largest absolute Gasteiger partial charge is 0.299 e. The molecule has 136 valence electrons. The van der Waals surface area contributed by atoms with E-state index in [9.17, 15) is 9.59 Å². The van der Waals surface area contributed by atoms with Gasteiger partial charge in [0.05, 0.1) is 0 Å². The lowest BCUT2D eigenvalue weighted by Crippen LogP contribution is -2.35. The molecule has 2 nitrogen and oxygen atoms in total. The Morgan fingerprint density at radius 3 is 2.04 bits per heavy atom. The SMILES string of the molecule is O=C(CCCC(=O)C1CCCC2CCCCC21)C1CCCCCC1. The Morgan fingerprint density at radius 2 is 1.25 bits per heavy atom. The van der Waals surface area contributed by atoms with Crippen molar-refractivity contribution in [1.82, 2.24) is 0 Å². The van der Waals surface area contributed by atoms with Crippen molar-refractivity contribution < 1.29 is 9.59 Å². The van der Waals surface area contributed by atoms with Crippen LogP contribution in [0.3, 0.4) is 0 Å². The highest BCUT2D eigenvalue weighted by Crippen LogP contribution is 2.44. The molecule has 24 heavy (non-hydrogen) atoms. The second-order valence-corrected chi connectivity index (χ2v) is 8.72. The maximum Gasteiger partial charge on any atom is 0.136 e. The molecule has 3 fully saturated rings. The zero-order chi connectivity index (χ0) is 16.8. The maximum atomic E-state index is 12.8. The van der Waals surface area contributed by atoms with Crippen molar-refractivity contribution in [2.45, 2.75) is 103 Å². The van der Waals surface area contributed by atoms with Crippen LogP contribution in [-0.4, -0.2) is 11.6 Å². The standard InChI is InChI=1S/C22H36O2/c23-21(18-10-3-1-2-4-11-18)15-8-16-22(24)20-14-7-12-17-9-5-6-13-19(17)20/h17-20H,1-16H2. The topological polar surface area (TPSA) is 34.1 Å². The fourth-order valence-electron chi connectivity index (χ4n) is 5.77. The van der Waals surface area contributed by atoms with Crippen LogP contribution in [0.4, 0.5) is 0 Å². The van der Waals surface area contributed by atoms with Gasteiger partial charge in [0.2, 0.25) is 0 Å². The van der Waals surface area contributed by atoms with E-state index in [2.05, 4.69) is 0 Å². The van der Waals surface area contributed by atoms with Crippen molar-refractivity contribution in [3.8, 4) is 0 Å². The minimum Gasteiger partial charge on any atom is -0.299 e. The van der Waals surface area contributed by atoms with Gasteiger partial charge in [-0.1, -0.05) is 57.8 Å². The van der Waals surface area contributed by atoms with Crippen LogP contribution in [0.2, 0.25) is 0 Å². The Labute approximate surface area is 148 Å². The number of ketones is 2. The molecule has 3 rings (SSSR count). The Bertz CT molecular complexity index is 418. The summed E-state index contributed by atoms with van der Waals surface area (Å²) in [5, 5.41) is 0. The highest BCUT2D eigenvalue weighted by atomic mass is 16.1. The summed E-state index contributed by atoms with van der Waals surface area (Å²) in [5.74, 6) is 3.08. The van der Waals surface area contributed by atoms with Crippen LogP contribution in [-0.2, 0) is 9.59 Å². The number of hydrogen-bond acceptors (Lipinski definition) is 2. The molecule has 0 spiro atoms. The van der Waals surface area contributed by atoms with Crippen molar-refractivity contribution in [2.24, 2.45) is 23.7 Å². The normalized spacial score (nSPS) is 31.9. The zero-order valence-corrected chi connectivity index (χ0v) is 15.4. The second-order valence-electron chi connectivity index (χ2n) is 8.72. The summed E-state index contributed by atoms with van der Waals surface area (Å²) in [6.45, 7) is 0. The molecule has 0 heterocycles. The summed E-state index contributed by atoms with van der Waals surface area (Å²) in [6, 6.07) is 0. The number of hydrogen-bond donors (Lipinski definition) is 0. The first-order chi connectivity index (χ1) is 11.8. The minimum absolute atomic E-state index is 0.306. The van der Waals surface area contributed by atoms with Gasteiger partial charge in [-0.3, -0.25) is 9.59 Å². The van der Waals surface area contributed by atoms with Gasteiger partial charge in [-0.25, -0.2) is 0 Å². The van der Waals surface area contributed by atoms with Gasteiger partial charge in [-0.15, -0.1) is 0 Å². The van der Waals surface area contributed by atoms with Crippen LogP contribution in [0, 0.1) is 23.7 Å². The van der Waals surface area contributed by atoms with Crippen LogP contribution >= 0.6 is 0 Å². The van der Waals surface area contributed by atoms with E-state index in [-0.39, 0.29) is 0 Å². The highest BCUT2D eigenvalue weighted by molar-refractivity contribution is 5.84. The lowest BCUT2D eigenvalue weighted by molar-refractivity contribution is -0.127. The number of rotatable bonds is 6. The van der Waals surface area contributed by atoms with Gasteiger partial charge < -0.3 is 0 Å². The molecular formula is C22H36O2. The van der Waals surface area contributed by atoms with Gasteiger partial charge in [0, 0.05) is 24.7 Å². The van der Waals surface area contributed by atoms with Crippen molar-refractivity contribution in [1.29, 1.82) is 0 Å². The fourth-order valence-corrected chi connectivity index (χ4v) is 5.77.